The molecule has 0 aliphatic heterocycles. The van der Waals surface area contributed by atoms with Crippen LogP contribution >= 0.6 is 0 Å². The van der Waals surface area contributed by atoms with Crippen molar-refractivity contribution in [3.05, 3.63) is 75.3 Å². The third-order valence-electron chi connectivity index (χ3n) is 3.20. The number of nitro groups is 1. The fourth-order valence-electron chi connectivity index (χ4n) is 1.98. The molecule has 2 aromatic carbocycles. The molecule has 0 saturated carbocycles. The number of benzene rings is 2. The first-order valence-electron chi connectivity index (χ1n) is 6.56. The SMILES string of the molecule is C[C@@H](NC(=O)c1ccc([N+](=O)[O-])cc1)c1cccc(C#N)c1. The lowest BCUT2D eigenvalue weighted by atomic mass is 10.1. The van der Waals surface area contributed by atoms with Crippen molar-refractivity contribution in [3.8, 4) is 6.07 Å². The molecule has 0 radical (unpaired) electrons. The van der Waals surface area contributed by atoms with Gasteiger partial charge in [0.15, 0.2) is 0 Å². The van der Waals surface area contributed by atoms with Crippen LogP contribution < -0.4 is 5.32 Å². The number of carbonyl (C=O) groups is 1. The first kappa shape index (κ1) is 15.2. The molecule has 0 heterocycles. The molecule has 0 bridgehead atoms. The predicted molar refractivity (Wildman–Crippen MR) is 80.1 cm³/mol. The Morgan fingerprint density at radius 3 is 2.55 bits per heavy atom. The molecule has 6 nitrogen and oxygen atoms in total. The van der Waals surface area contributed by atoms with Crippen LogP contribution in [-0.2, 0) is 0 Å². The summed E-state index contributed by atoms with van der Waals surface area (Å²) in [5, 5.41) is 22.3. The highest BCUT2D eigenvalue weighted by atomic mass is 16.6. The monoisotopic (exact) mass is 295 g/mol. The van der Waals surface area contributed by atoms with Crippen LogP contribution in [0.1, 0.15) is 34.5 Å². The van der Waals surface area contributed by atoms with Crippen molar-refractivity contribution >= 4 is 11.6 Å². The van der Waals surface area contributed by atoms with Gasteiger partial charge in [-0.3, -0.25) is 14.9 Å². The molecule has 2 rings (SSSR count). The van der Waals surface area contributed by atoms with Crippen molar-refractivity contribution in [3.63, 3.8) is 0 Å². The van der Waals surface area contributed by atoms with E-state index in [1.807, 2.05) is 12.1 Å². The van der Waals surface area contributed by atoms with E-state index in [9.17, 15) is 14.9 Å². The molecule has 110 valence electrons. The van der Waals surface area contributed by atoms with Crippen LogP contribution in [0.25, 0.3) is 0 Å². The Morgan fingerprint density at radius 1 is 1.27 bits per heavy atom. The topological polar surface area (TPSA) is 96.0 Å². The maximum atomic E-state index is 12.1. The van der Waals surface area contributed by atoms with Crippen molar-refractivity contribution in [2.24, 2.45) is 0 Å². The summed E-state index contributed by atoms with van der Waals surface area (Å²) in [6.45, 7) is 1.81. The first-order chi connectivity index (χ1) is 10.5. The second kappa shape index (κ2) is 6.50. The maximum absolute atomic E-state index is 12.1. The number of nitrogens with one attached hydrogen (secondary N) is 1. The van der Waals surface area contributed by atoms with Gasteiger partial charge in [0, 0.05) is 17.7 Å². The summed E-state index contributed by atoms with van der Waals surface area (Å²) < 4.78 is 0. The van der Waals surface area contributed by atoms with Crippen LogP contribution in [0.3, 0.4) is 0 Å². The van der Waals surface area contributed by atoms with Gasteiger partial charge < -0.3 is 5.32 Å². The summed E-state index contributed by atoms with van der Waals surface area (Å²) in [6.07, 6.45) is 0. The number of hydrogen-bond acceptors (Lipinski definition) is 4. The number of non-ortho nitro benzene ring substituents is 1. The minimum Gasteiger partial charge on any atom is -0.346 e. The molecule has 0 aliphatic rings. The normalized spacial score (nSPS) is 11.3. The lowest BCUT2D eigenvalue weighted by Gasteiger charge is -2.14. The van der Waals surface area contributed by atoms with E-state index >= 15 is 0 Å². The average Bonchev–Trinajstić information content (AvgIpc) is 2.54. The molecule has 0 aromatic heterocycles. The molecular weight excluding hydrogens is 282 g/mol. The second-order valence-corrected chi connectivity index (χ2v) is 4.74. The van der Waals surface area contributed by atoms with E-state index in [0.717, 1.165) is 5.56 Å². The number of nitro benzene ring substituents is 1. The summed E-state index contributed by atoms with van der Waals surface area (Å²) >= 11 is 0. The summed E-state index contributed by atoms with van der Waals surface area (Å²) in [5.74, 6) is -0.329. The molecular formula is C16H13N3O3. The van der Waals surface area contributed by atoms with E-state index < -0.39 is 4.92 Å². The Hall–Kier alpha value is -3.20. The zero-order chi connectivity index (χ0) is 16.1. The highest BCUT2D eigenvalue weighted by Crippen LogP contribution is 2.16. The highest BCUT2D eigenvalue weighted by molar-refractivity contribution is 5.94. The van der Waals surface area contributed by atoms with Crippen LogP contribution in [0.5, 0.6) is 0 Å². The molecule has 6 heteroatoms. The number of nitrogens with zero attached hydrogens (tertiary/aromatic N) is 2. The smallest absolute Gasteiger partial charge is 0.269 e. The standard InChI is InChI=1S/C16H13N3O3/c1-11(14-4-2-3-12(9-14)10-17)18-16(20)13-5-7-15(8-6-13)19(21)22/h2-9,11H,1H3,(H,18,20)/t11-/m1/s1. The van der Waals surface area contributed by atoms with Crippen molar-refractivity contribution in [1.29, 1.82) is 5.26 Å². The maximum Gasteiger partial charge on any atom is 0.269 e. The Balaban J connectivity index is 2.10. The fourth-order valence-corrected chi connectivity index (χ4v) is 1.98. The Kier molecular flexibility index (Phi) is 4.49. The largest absolute Gasteiger partial charge is 0.346 e. The lowest BCUT2D eigenvalue weighted by Crippen LogP contribution is -2.26. The summed E-state index contributed by atoms with van der Waals surface area (Å²) in [6, 6.07) is 14.1. The number of carbonyl (C=O) groups excluding carboxylic acids is 1. The fraction of sp³-hybridized carbons (Fsp3) is 0.125. The molecule has 22 heavy (non-hydrogen) atoms. The molecule has 0 fully saturated rings. The average molecular weight is 295 g/mol. The predicted octanol–water partition coefficient (Wildman–Crippen LogP) is 2.96. The molecule has 0 spiro atoms. The number of nitriles is 1. The van der Waals surface area contributed by atoms with E-state index in [2.05, 4.69) is 5.32 Å². The zero-order valence-corrected chi connectivity index (χ0v) is 11.8. The van der Waals surface area contributed by atoms with Crippen LogP contribution in [0.2, 0.25) is 0 Å². The van der Waals surface area contributed by atoms with E-state index in [1.165, 1.54) is 24.3 Å². The van der Waals surface area contributed by atoms with Gasteiger partial charge in [0.05, 0.1) is 22.6 Å². The number of hydrogen-bond donors (Lipinski definition) is 1. The molecule has 1 atom stereocenters. The van der Waals surface area contributed by atoms with Crippen LogP contribution in [0, 0.1) is 21.4 Å². The van der Waals surface area contributed by atoms with Crippen LogP contribution in [0.15, 0.2) is 48.5 Å². The summed E-state index contributed by atoms with van der Waals surface area (Å²) in [5.41, 5.74) is 1.61. The van der Waals surface area contributed by atoms with Crippen molar-refractivity contribution in [2.45, 2.75) is 13.0 Å². The Morgan fingerprint density at radius 2 is 1.95 bits per heavy atom. The van der Waals surface area contributed by atoms with Gasteiger partial charge in [0.25, 0.3) is 11.6 Å². The van der Waals surface area contributed by atoms with Gasteiger partial charge in [-0.15, -0.1) is 0 Å². The third-order valence-corrected chi connectivity index (χ3v) is 3.20. The van der Waals surface area contributed by atoms with Gasteiger partial charge in [-0.25, -0.2) is 0 Å². The first-order valence-corrected chi connectivity index (χ1v) is 6.56. The van der Waals surface area contributed by atoms with Gasteiger partial charge in [0.2, 0.25) is 0 Å². The molecule has 0 unspecified atom stereocenters. The zero-order valence-electron chi connectivity index (χ0n) is 11.8. The van der Waals surface area contributed by atoms with Gasteiger partial charge in [-0.1, -0.05) is 12.1 Å². The van der Waals surface area contributed by atoms with Gasteiger partial charge in [-0.05, 0) is 36.8 Å². The van der Waals surface area contributed by atoms with E-state index in [0.29, 0.717) is 11.1 Å². The molecule has 1 amide bonds. The van der Waals surface area contributed by atoms with Gasteiger partial charge in [0.1, 0.15) is 0 Å². The Bertz CT molecular complexity index is 748. The molecule has 2 aromatic rings. The highest BCUT2D eigenvalue weighted by Gasteiger charge is 2.13. The van der Waals surface area contributed by atoms with Crippen molar-refractivity contribution < 1.29 is 9.72 Å². The van der Waals surface area contributed by atoms with Crippen molar-refractivity contribution in [2.75, 3.05) is 0 Å². The molecule has 1 N–H and O–H groups in total. The second-order valence-electron chi connectivity index (χ2n) is 4.74. The molecule has 0 aliphatic carbocycles. The van der Waals surface area contributed by atoms with Gasteiger partial charge >= 0.3 is 0 Å². The van der Waals surface area contributed by atoms with Crippen LogP contribution in [0.4, 0.5) is 5.69 Å². The van der Waals surface area contributed by atoms with E-state index in [4.69, 9.17) is 5.26 Å². The minimum absolute atomic E-state index is 0.0636. The number of rotatable bonds is 4. The van der Waals surface area contributed by atoms with Crippen LogP contribution in [-0.4, -0.2) is 10.8 Å². The minimum atomic E-state index is -0.516. The van der Waals surface area contributed by atoms with Gasteiger partial charge in [-0.2, -0.15) is 5.26 Å². The summed E-state index contributed by atoms with van der Waals surface area (Å²) in [7, 11) is 0. The van der Waals surface area contributed by atoms with Crippen molar-refractivity contribution in [1.82, 2.24) is 5.32 Å². The summed E-state index contributed by atoms with van der Waals surface area (Å²) in [4.78, 5) is 22.2. The lowest BCUT2D eigenvalue weighted by molar-refractivity contribution is -0.384. The molecule has 0 saturated heterocycles. The third kappa shape index (κ3) is 3.46. The quantitative estimate of drug-likeness (QED) is 0.692. The van der Waals surface area contributed by atoms with E-state index in [-0.39, 0.29) is 17.6 Å². The Labute approximate surface area is 127 Å². The number of amides is 1. The van der Waals surface area contributed by atoms with E-state index in [1.54, 1.807) is 25.1 Å².